The van der Waals surface area contributed by atoms with E-state index in [9.17, 15) is 14.4 Å². The van der Waals surface area contributed by atoms with Gasteiger partial charge in [0.15, 0.2) is 5.78 Å². The first-order chi connectivity index (χ1) is 10.8. The summed E-state index contributed by atoms with van der Waals surface area (Å²) < 4.78 is 0. The SMILES string of the molecule is CC.CC.CC.CNC(C)C(=O)NC(C)C(=O)NC(C)C(C)=O. The normalized spacial score (nSPS) is 12.3. The molecule has 3 unspecified atom stereocenters. The molecule has 0 saturated heterocycles. The molecule has 0 aliphatic heterocycles. The van der Waals surface area contributed by atoms with Gasteiger partial charge in [0.1, 0.15) is 6.04 Å². The molecule has 140 valence electrons. The van der Waals surface area contributed by atoms with Gasteiger partial charge in [0, 0.05) is 0 Å². The lowest BCUT2D eigenvalue weighted by Gasteiger charge is -2.18. The maximum atomic E-state index is 11.6. The lowest BCUT2D eigenvalue weighted by molar-refractivity contribution is -0.131. The Hall–Kier alpha value is -1.43. The number of carbonyl (C=O) groups is 3. The summed E-state index contributed by atoms with van der Waals surface area (Å²) in [5.41, 5.74) is 0. The van der Waals surface area contributed by atoms with Crippen LogP contribution in [0.1, 0.15) is 69.2 Å². The third-order valence-electron chi connectivity index (χ3n) is 2.55. The minimum Gasteiger partial charge on any atom is -0.345 e. The van der Waals surface area contributed by atoms with E-state index < -0.39 is 12.1 Å². The maximum absolute atomic E-state index is 11.6. The van der Waals surface area contributed by atoms with E-state index in [2.05, 4.69) is 16.0 Å². The van der Waals surface area contributed by atoms with E-state index in [1.54, 1.807) is 27.8 Å². The first-order valence-electron chi connectivity index (χ1n) is 8.58. The quantitative estimate of drug-likeness (QED) is 0.696. The molecule has 0 aliphatic carbocycles. The van der Waals surface area contributed by atoms with Crippen LogP contribution < -0.4 is 16.0 Å². The summed E-state index contributed by atoms with van der Waals surface area (Å²) in [6.07, 6.45) is 0. The van der Waals surface area contributed by atoms with E-state index in [1.807, 2.05) is 41.5 Å². The van der Waals surface area contributed by atoms with Crippen molar-refractivity contribution >= 4 is 17.6 Å². The number of nitrogens with one attached hydrogen (secondary N) is 3. The van der Waals surface area contributed by atoms with Gasteiger partial charge in [0.2, 0.25) is 11.8 Å². The van der Waals surface area contributed by atoms with Crippen LogP contribution in [0.5, 0.6) is 0 Å². The highest BCUT2D eigenvalue weighted by Gasteiger charge is 2.20. The third kappa shape index (κ3) is 16.8. The Balaban J connectivity index is -0.000000267. The maximum Gasteiger partial charge on any atom is 0.242 e. The summed E-state index contributed by atoms with van der Waals surface area (Å²) in [5.74, 6) is -0.754. The molecule has 3 N–H and O–H groups in total. The van der Waals surface area contributed by atoms with E-state index in [4.69, 9.17) is 0 Å². The van der Waals surface area contributed by atoms with Crippen LogP contribution in [0.2, 0.25) is 0 Å². The molecule has 0 heterocycles. The highest BCUT2D eigenvalue weighted by atomic mass is 16.2. The zero-order valence-corrected chi connectivity index (χ0v) is 17.0. The third-order valence-corrected chi connectivity index (χ3v) is 2.55. The van der Waals surface area contributed by atoms with Gasteiger partial charge in [-0.05, 0) is 34.7 Å². The van der Waals surface area contributed by atoms with Gasteiger partial charge in [-0.25, -0.2) is 0 Å². The van der Waals surface area contributed by atoms with Gasteiger partial charge in [0.05, 0.1) is 12.1 Å². The Bertz CT molecular complexity index is 307. The number of likely N-dealkylation sites (N-methyl/N-ethyl adjacent to an activating group) is 1. The molecule has 23 heavy (non-hydrogen) atoms. The van der Waals surface area contributed by atoms with E-state index in [-0.39, 0.29) is 23.6 Å². The molecule has 0 aromatic heterocycles. The Morgan fingerprint density at radius 2 is 0.957 bits per heavy atom. The monoisotopic (exact) mass is 333 g/mol. The second kappa shape index (κ2) is 20.6. The number of hydrogen-bond donors (Lipinski definition) is 3. The molecular weight excluding hydrogens is 294 g/mol. The molecule has 3 atom stereocenters. The number of ketones is 1. The van der Waals surface area contributed by atoms with Crippen LogP contribution in [-0.2, 0) is 14.4 Å². The topological polar surface area (TPSA) is 87.3 Å². The Morgan fingerprint density at radius 1 is 0.652 bits per heavy atom. The van der Waals surface area contributed by atoms with Crippen molar-refractivity contribution in [1.29, 1.82) is 0 Å². The van der Waals surface area contributed by atoms with Crippen molar-refractivity contribution in [2.45, 2.75) is 87.4 Å². The van der Waals surface area contributed by atoms with Gasteiger partial charge in [-0.2, -0.15) is 0 Å². The molecule has 0 aromatic carbocycles. The van der Waals surface area contributed by atoms with Gasteiger partial charge in [0.25, 0.3) is 0 Å². The van der Waals surface area contributed by atoms with Crippen molar-refractivity contribution in [2.75, 3.05) is 7.05 Å². The first kappa shape index (κ1) is 29.6. The van der Waals surface area contributed by atoms with E-state index in [1.165, 1.54) is 6.92 Å². The van der Waals surface area contributed by atoms with Gasteiger partial charge < -0.3 is 16.0 Å². The minimum atomic E-state index is -0.667. The Kier molecular flexibility index (Phi) is 26.4. The standard InChI is InChI=1S/C11H21N3O3.3C2H6/c1-6(9(4)15)13-11(17)8(3)14-10(16)7(2)12-5;3*1-2/h6-8,12H,1-5H3,(H,13,17)(H,14,16);3*1-2H3. The predicted molar refractivity (Wildman–Crippen MR) is 98.5 cm³/mol. The zero-order chi connectivity index (χ0) is 19.6. The van der Waals surface area contributed by atoms with Crippen molar-refractivity contribution in [3.8, 4) is 0 Å². The Morgan fingerprint density at radius 3 is 1.26 bits per heavy atom. The van der Waals surface area contributed by atoms with Gasteiger partial charge in [-0.1, -0.05) is 41.5 Å². The number of rotatable bonds is 6. The molecule has 0 spiro atoms. The fraction of sp³-hybridized carbons (Fsp3) is 0.824. The highest BCUT2D eigenvalue weighted by molar-refractivity contribution is 5.92. The molecule has 2 amide bonds. The molecule has 6 heteroatoms. The van der Waals surface area contributed by atoms with E-state index in [0.29, 0.717) is 0 Å². The van der Waals surface area contributed by atoms with Crippen molar-refractivity contribution in [2.24, 2.45) is 0 Å². The fourth-order valence-electron chi connectivity index (χ4n) is 0.975. The minimum absolute atomic E-state index is 0.125. The van der Waals surface area contributed by atoms with Crippen molar-refractivity contribution in [3.63, 3.8) is 0 Å². The molecule has 0 saturated carbocycles. The zero-order valence-electron chi connectivity index (χ0n) is 17.0. The number of hydrogen-bond acceptors (Lipinski definition) is 4. The lowest BCUT2D eigenvalue weighted by Crippen LogP contribution is -2.52. The van der Waals surface area contributed by atoms with Crippen LogP contribution in [-0.4, -0.2) is 42.8 Å². The van der Waals surface area contributed by atoms with Crippen LogP contribution in [0, 0.1) is 0 Å². The predicted octanol–water partition coefficient (Wildman–Crippen LogP) is 2.27. The van der Waals surface area contributed by atoms with Crippen LogP contribution in [0.3, 0.4) is 0 Å². The average Bonchev–Trinajstić information content (AvgIpc) is 2.58. The summed E-state index contributed by atoms with van der Waals surface area (Å²) in [4.78, 5) is 34.1. The summed E-state index contributed by atoms with van der Waals surface area (Å²) in [6, 6.07) is -1.57. The van der Waals surface area contributed by atoms with Gasteiger partial charge >= 0.3 is 0 Å². The van der Waals surface area contributed by atoms with Gasteiger partial charge in [-0.3, -0.25) is 14.4 Å². The van der Waals surface area contributed by atoms with Crippen LogP contribution in [0.25, 0.3) is 0 Å². The van der Waals surface area contributed by atoms with Crippen molar-refractivity contribution < 1.29 is 14.4 Å². The molecular formula is C17H39N3O3. The van der Waals surface area contributed by atoms with Crippen molar-refractivity contribution in [1.82, 2.24) is 16.0 Å². The fourth-order valence-corrected chi connectivity index (χ4v) is 0.975. The smallest absolute Gasteiger partial charge is 0.242 e. The molecule has 0 aliphatic rings. The van der Waals surface area contributed by atoms with E-state index >= 15 is 0 Å². The van der Waals surface area contributed by atoms with Crippen LogP contribution in [0.4, 0.5) is 0 Å². The molecule has 0 fully saturated rings. The second-order valence-corrected chi connectivity index (χ2v) is 4.08. The number of carbonyl (C=O) groups excluding carboxylic acids is 3. The Labute approximate surface area is 143 Å². The molecule has 6 nitrogen and oxygen atoms in total. The molecule has 0 bridgehead atoms. The summed E-state index contributed by atoms with van der Waals surface area (Å²) >= 11 is 0. The summed E-state index contributed by atoms with van der Waals surface area (Å²) in [5, 5.41) is 7.84. The number of Topliss-reactive ketones (excluding diaryl/α,β-unsaturated/α-hetero) is 1. The van der Waals surface area contributed by atoms with Gasteiger partial charge in [-0.15, -0.1) is 0 Å². The van der Waals surface area contributed by atoms with E-state index in [0.717, 1.165) is 0 Å². The molecule has 0 rings (SSSR count). The number of amides is 2. The lowest BCUT2D eigenvalue weighted by atomic mass is 10.2. The largest absolute Gasteiger partial charge is 0.345 e. The second-order valence-electron chi connectivity index (χ2n) is 4.08. The van der Waals surface area contributed by atoms with Crippen LogP contribution >= 0.6 is 0 Å². The highest BCUT2D eigenvalue weighted by Crippen LogP contribution is 1.90. The van der Waals surface area contributed by atoms with Crippen molar-refractivity contribution in [3.05, 3.63) is 0 Å². The summed E-state index contributed by atoms with van der Waals surface area (Å²) in [6.45, 7) is 18.3. The first-order valence-corrected chi connectivity index (χ1v) is 8.58. The molecule has 0 radical (unpaired) electrons. The van der Waals surface area contributed by atoms with Crippen LogP contribution in [0.15, 0.2) is 0 Å². The average molecular weight is 334 g/mol. The summed E-state index contributed by atoms with van der Waals surface area (Å²) in [7, 11) is 1.66. The molecule has 0 aromatic rings.